The fraction of sp³-hybridized carbons (Fsp3) is 0.429. The number of alkyl halides is 2. The van der Waals surface area contributed by atoms with Crippen molar-refractivity contribution in [3.05, 3.63) is 34.1 Å². The summed E-state index contributed by atoms with van der Waals surface area (Å²) in [6, 6.07) is 3.86. The average molecular weight is 409 g/mol. The van der Waals surface area contributed by atoms with Crippen LogP contribution in [0.15, 0.2) is 27.7 Å². The van der Waals surface area contributed by atoms with Crippen molar-refractivity contribution >= 4 is 38.8 Å². The summed E-state index contributed by atoms with van der Waals surface area (Å²) in [5, 5.41) is 9.14. The molecule has 3 N–H and O–H groups in total. The van der Waals surface area contributed by atoms with Gasteiger partial charge in [-0.2, -0.15) is 0 Å². The number of carbonyl (C=O) groups is 1. The Morgan fingerprint density at radius 1 is 1.39 bits per heavy atom. The summed E-state index contributed by atoms with van der Waals surface area (Å²) in [6.45, 7) is 2.41. The Kier molecular flexibility index (Phi) is 3.21. The molecule has 124 valence electrons. The standard InChI is InChI=1S/C14H12BrF3N2O2S/c1-11(7-5-6(15)3-4-8(7)16)12(2)13(9(21)22,14(12,17)18)23-10(19)20-11/h3-5H,1-2H3,(H2,19,20)(H,21,22)/t11-,12?,13-/m1/s1. The molecule has 1 unspecified atom stereocenters. The molecule has 4 nitrogen and oxygen atoms in total. The van der Waals surface area contributed by atoms with E-state index >= 15 is 0 Å². The molecule has 0 amide bonds. The highest BCUT2D eigenvalue weighted by Gasteiger charge is 2.99. The van der Waals surface area contributed by atoms with Gasteiger partial charge in [-0.05, 0) is 32.0 Å². The van der Waals surface area contributed by atoms with Crippen molar-refractivity contribution in [2.24, 2.45) is 16.1 Å². The molecular formula is C14H12BrF3N2O2S. The van der Waals surface area contributed by atoms with E-state index in [0.717, 1.165) is 13.0 Å². The number of nitrogens with zero attached hydrogens (tertiary/aromatic N) is 1. The maximum atomic E-state index is 14.7. The first-order chi connectivity index (χ1) is 10.5. The maximum Gasteiger partial charge on any atom is 0.327 e. The van der Waals surface area contributed by atoms with Gasteiger partial charge in [0.05, 0.1) is 5.41 Å². The lowest BCUT2D eigenvalue weighted by molar-refractivity contribution is -0.139. The molecule has 1 aromatic rings. The molecule has 1 heterocycles. The zero-order chi connectivity index (χ0) is 17.4. The summed E-state index contributed by atoms with van der Waals surface area (Å²) in [6.07, 6.45) is 0. The third-order valence-corrected chi connectivity index (χ3v) is 6.97. The van der Waals surface area contributed by atoms with Crippen molar-refractivity contribution in [3.63, 3.8) is 0 Å². The smallest absolute Gasteiger partial charge is 0.327 e. The van der Waals surface area contributed by atoms with Crippen LogP contribution in [0.5, 0.6) is 0 Å². The molecule has 1 saturated carbocycles. The lowest BCUT2D eigenvalue weighted by atomic mass is 9.76. The van der Waals surface area contributed by atoms with Crippen LogP contribution in [0.4, 0.5) is 13.2 Å². The number of hydrogen-bond donors (Lipinski definition) is 2. The van der Waals surface area contributed by atoms with Crippen molar-refractivity contribution in [3.8, 4) is 0 Å². The van der Waals surface area contributed by atoms with Crippen LogP contribution in [-0.4, -0.2) is 26.9 Å². The largest absolute Gasteiger partial charge is 0.480 e. The monoisotopic (exact) mass is 408 g/mol. The number of fused-ring (bicyclic) bond motifs is 1. The van der Waals surface area contributed by atoms with Crippen LogP contribution in [0.2, 0.25) is 0 Å². The molecule has 2 aliphatic rings. The SMILES string of the molecule is CC12C(F)(F)[C@]1(C(=O)O)SC(N)=N[C@]2(C)c1cc(Br)ccc1F. The van der Waals surface area contributed by atoms with Crippen LogP contribution in [0.3, 0.4) is 0 Å². The number of hydrogen-bond acceptors (Lipinski definition) is 4. The number of carboxylic acid groups (broad SMARTS) is 1. The van der Waals surface area contributed by atoms with E-state index in [9.17, 15) is 23.1 Å². The quantitative estimate of drug-likeness (QED) is 0.786. The number of nitrogens with two attached hydrogens (primary N) is 1. The van der Waals surface area contributed by atoms with E-state index in [2.05, 4.69) is 20.9 Å². The Balaban J connectivity index is 2.33. The van der Waals surface area contributed by atoms with Gasteiger partial charge in [-0.1, -0.05) is 27.7 Å². The minimum absolute atomic E-state index is 0.125. The van der Waals surface area contributed by atoms with E-state index in [0.29, 0.717) is 16.2 Å². The molecule has 0 spiro atoms. The van der Waals surface area contributed by atoms with E-state index in [-0.39, 0.29) is 10.7 Å². The van der Waals surface area contributed by atoms with Crippen LogP contribution >= 0.6 is 27.7 Å². The molecule has 9 heteroatoms. The second-order valence-corrected chi connectivity index (χ2v) is 8.08. The summed E-state index contributed by atoms with van der Waals surface area (Å²) >= 11 is 3.50. The minimum atomic E-state index is -3.61. The van der Waals surface area contributed by atoms with Gasteiger partial charge in [0.1, 0.15) is 11.4 Å². The molecular weight excluding hydrogens is 397 g/mol. The molecule has 23 heavy (non-hydrogen) atoms. The highest BCUT2D eigenvalue weighted by molar-refractivity contribution is 9.10. The molecule has 0 bridgehead atoms. The van der Waals surface area contributed by atoms with Crippen LogP contribution in [-0.2, 0) is 10.3 Å². The third-order valence-electron chi connectivity index (χ3n) is 5.03. The predicted octanol–water partition coefficient (Wildman–Crippen LogP) is 3.34. The summed E-state index contributed by atoms with van der Waals surface area (Å²) in [7, 11) is 0. The fourth-order valence-electron chi connectivity index (χ4n) is 3.51. The predicted molar refractivity (Wildman–Crippen MR) is 84.1 cm³/mol. The van der Waals surface area contributed by atoms with Crippen molar-refractivity contribution in [2.45, 2.75) is 30.1 Å². The van der Waals surface area contributed by atoms with Gasteiger partial charge in [-0.15, -0.1) is 0 Å². The minimum Gasteiger partial charge on any atom is -0.480 e. The van der Waals surface area contributed by atoms with Gasteiger partial charge in [0, 0.05) is 10.0 Å². The van der Waals surface area contributed by atoms with E-state index in [1.165, 1.54) is 19.1 Å². The Hall–Kier alpha value is -1.22. The number of halogens is 4. The lowest BCUT2D eigenvalue weighted by Crippen LogP contribution is -2.45. The lowest BCUT2D eigenvalue weighted by Gasteiger charge is -2.37. The Labute approximate surface area is 142 Å². The van der Waals surface area contributed by atoms with E-state index in [4.69, 9.17) is 5.73 Å². The van der Waals surface area contributed by atoms with Gasteiger partial charge in [-0.3, -0.25) is 9.79 Å². The normalized spacial score (nSPS) is 37.7. The zero-order valence-electron chi connectivity index (χ0n) is 12.0. The molecule has 3 rings (SSSR count). The van der Waals surface area contributed by atoms with Crippen LogP contribution < -0.4 is 5.73 Å². The van der Waals surface area contributed by atoms with E-state index in [1.807, 2.05) is 0 Å². The van der Waals surface area contributed by atoms with Crippen LogP contribution in [0.25, 0.3) is 0 Å². The van der Waals surface area contributed by atoms with Gasteiger partial charge in [0.25, 0.3) is 5.92 Å². The van der Waals surface area contributed by atoms with Crippen molar-refractivity contribution in [1.29, 1.82) is 0 Å². The molecule has 3 atom stereocenters. The molecule has 0 saturated heterocycles. The Bertz CT molecular complexity index is 774. The number of aliphatic imine (C=N–C) groups is 1. The molecule has 1 aromatic carbocycles. The molecule has 1 fully saturated rings. The fourth-order valence-corrected chi connectivity index (χ4v) is 5.32. The first-order valence-corrected chi connectivity index (χ1v) is 8.18. The third kappa shape index (κ3) is 1.60. The maximum absolute atomic E-state index is 14.7. The van der Waals surface area contributed by atoms with Crippen molar-refractivity contribution in [2.75, 3.05) is 0 Å². The summed E-state index contributed by atoms with van der Waals surface area (Å²) < 4.78 is 41.8. The number of benzene rings is 1. The first-order valence-electron chi connectivity index (χ1n) is 6.57. The molecule has 0 radical (unpaired) electrons. The van der Waals surface area contributed by atoms with Crippen LogP contribution in [0, 0.1) is 11.2 Å². The van der Waals surface area contributed by atoms with Gasteiger partial charge in [-0.25, -0.2) is 13.2 Å². The van der Waals surface area contributed by atoms with E-state index in [1.54, 1.807) is 0 Å². The zero-order valence-corrected chi connectivity index (χ0v) is 14.4. The second-order valence-electron chi connectivity index (χ2n) is 5.93. The van der Waals surface area contributed by atoms with Crippen molar-refractivity contribution in [1.82, 2.24) is 0 Å². The summed E-state index contributed by atoms with van der Waals surface area (Å²) in [4.78, 5) is 15.7. The topological polar surface area (TPSA) is 75.7 Å². The number of carboxylic acids is 1. The number of amidine groups is 1. The molecule has 1 aliphatic heterocycles. The van der Waals surface area contributed by atoms with Gasteiger partial charge in [0.2, 0.25) is 0 Å². The first kappa shape index (κ1) is 16.6. The second kappa shape index (κ2) is 4.44. The summed E-state index contributed by atoms with van der Waals surface area (Å²) in [5.74, 6) is -6.04. The highest BCUT2D eigenvalue weighted by atomic mass is 79.9. The van der Waals surface area contributed by atoms with Gasteiger partial charge >= 0.3 is 5.97 Å². The van der Waals surface area contributed by atoms with Crippen LogP contribution in [0.1, 0.15) is 19.4 Å². The average Bonchev–Trinajstić information content (AvgIpc) is 2.84. The van der Waals surface area contributed by atoms with Gasteiger partial charge in [0.15, 0.2) is 9.91 Å². The molecule has 1 aliphatic carbocycles. The van der Waals surface area contributed by atoms with E-state index < -0.39 is 33.4 Å². The van der Waals surface area contributed by atoms with Crippen molar-refractivity contribution < 1.29 is 23.1 Å². The number of aliphatic carboxylic acids is 1. The summed E-state index contributed by atoms with van der Waals surface area (Å²) in [5.41, 5.74) is 1.57. The number of thioether (sulfide) groups is 1. The Morgan fingerprint density at radius 3 is 2.57 bits per heavy atom. The Morgan fingerprint density at radius 2 is 2.00 bits per heavy atom. The highest BCUT2D eigenvalue weighted by Crippen LogP contribution is 2.82. The number of rotatable bonds is 2. The van der Waals surface area contributed by atoms with Gasteiger partial charge < -0.3 is 10.8 Å². The molecule has 0 aromatic heterocycles.